The molecule has 5 heterocycles. The molecule has 3 unspecified atom stereocenters. The van der Waals surface area contributed by atoms with E-state index in [1.807, 2.05) is 18.2 Å². The molecule has 4 aliphatic rings. The monoisotopic (exact) mass is 1440 g/mol. The van der Waals surface area contributed by atoms with Crippen LogP contribution in [-0.2, 0) is 62.4 Å². The van der Waals surface area contributed by atoms with E-state index in [2.05, 4.69) is 84.7 Å². The van der Waals surface area contributed by atoms with Crippen molar-refractivity contribution in [3.05, 3.63) is 102 Å². The van der Waals surface area contributed by atoms with Gasteiger partial charge in [-0.3, -0.25) is 38.4 Å². The second-order valence-corrected chi connectivity index (χ2v) is 28.8. The SMILES string of the molecule is C[C@@H](O)C1NC(=O)[C@H](CCCCN)NC(=O)[C@@H](Cc2c[nH]c3ccccc23)NC(=O)C(Cc2ccc(O)cc2)NC(=O)[C@H](NC(=O)[C@@H](Cc2ccccc2)NC(=O)CCCCNC23CNCCNCC(N)(CNCCNC2)CNCCNC3)CSSCC(C(=O)N[C@H](C(=O)O)[C@@H](C)O)NC1=O. The smallest absolute Gasteiger partial charge is 0.328 e. The molecule has 556 valence electrons. The maximum atomic E-state index is 15.3. The van der Waals surface area contributed by atoms with Crippen LogP contribution in [0.3, 0.4) is 0 Å². The third-order valence-electron chi connectivity index (χ3n) is 17.8. The topological polar surface area (TPSA) is 483 Å². The number of phenols is 1. The first-order valence-electron chi connectivity index (χ1n) is 34.6. The second-order valence-electron chi connectivity index (χ2n) is 26.3. The van der Waals surface area contributed by atoms with Gasteiger partial charge in [0.1, 0.15) is 48.0 Å². The van der Waals surface area contributed by atoms with Gasteiger partial charge in [-0.2, -0.15) is 0 Å². The summed E-state index contributed by atoms with van der Waals surface area (Å²) in [5, 5.41) is 89.0. The average molecular weight is 1450 g/mol. The van der Waals surface area contributed by atoms with Crippen LogP contribution in [0, 0.1) is 0 Å². The molecule has 31 nitrogen and oxygen atoms in total. The highest BCUT2D eigenvalue weighted by Gasteiger charge is 2.38. The molecule has 8 amide bonds. The zero-order valence-electron chi connectivity index (χ0n) is 57.5. The van der Waals surface area contributed by atoms with Crippen molar-refractivity contribution in [2.45, 2.75) is 143 Å². The summed E-state index contributed by atoms with van der Waals surface area (Å²) in [7, 11) is 1.82. The summed E-state index contributed by atoms with van der Waals surface area (Å²) < 4.78 is 0. The lowest BCUT2D eigenvalue weighted by Crippen LogP contribution is -2.66. The van der Waals surface area contributed by atoms with Crippen LogP contribution in [-0.4, -0.2) is 253 Å². The molecule has 4 fully saturated rings. The van der Waals surface area contributed by atoms with Crippen molar-refractivity contribution in [2.75, 3.05) is 103 Å². The van der Waals surface area contributed by atoms with Gasteiger partial charge in [-0.05, 0) is 93.9 Å². The van der Waals surface area contributed by atoms with E-state index in [0.717, 1.165) is 48.1 Å². The van der Waals surface area contributed by atoms with Gasteiger partial charge in [-0.25, -0.2) is 4.79 Å². The summed E-state index contributed by atoms with van der Waals surface area (Å²) in [5.41, 5.74) is 14.2. The normalized spacial score (nSPS) is 25.2. The van der Waals surface area contributed by atoms with Crippen molar-refractivity contribution in [3.8, 4) is 5.75 Å². The van der Waals surface area contributed by atoms with E-state index in [1.54, 1.807) is 42.6 Å². The first-order valence-corrected chi connectivity index (χ1v) is 37.1. The number of carboxylic acid groups (broad SMARTS) is 1. The Morgan fingerprint density at radius 1 is 0.624 bits per heavy atom. The number of carbonyl (C=O) groups is 9. The summed E-state index contributed by atoms with van der Waals surface area (Å²) in [5.74, 6) is -9.44. The molecule has 0 aliphatic carbocycles. The summed E-state index contributed by atoms with van der Waals surface area (Å²) in [4.78, 5) is 133. The lowest BCUT2D eigenvalue weighted by atomic mass is 9.97. The molecule has 4 saturated heterocycles. The molecule has 33 heteroatoms. The molecule has 0 saturated carbocycles. The fourth-order valence-electron chi connectivity index (χ4n) is 12.0. The Hall–Kier alpha value is -7.51. The Morgan fingerprint density at radius 2 is 1.20 bits per heavy atom. The van der Waals surface area contributed by atoms with Gasteiger partial charge in [0.15, 0.2) is 6.04 Å². The highest BCUT2D eigenvalue weighted by molar-refractivity contribution is 8.76. The molecule has 0 spiro atoms. The largest absolute Gasteiger partial charge is 0.508 e. The van der Waals surface area contributed by atoms with Gasteiger partial charge >= 0.3 is 5.97 Å². The number of aliphatic hydroxyl groups is 2. The maximum Gasteiger partial charge on any atom is 0.328 e. The van der Waals surface area contributed by atoms with Gasteiger partial charge in [0, 0.05) is 133 Å². The number of aliphatic carboxylic acids is 1. The number of para-hydroxylation sites is 1. The number of aromatic nitrogens is 1. The third-order valence-corrected chi connectivity index (χ3v) is 20.2. The second kappa shape index (κ2) is 41.6. The average Bonchev–Trinajstić information content (AvgIpc) is 1.77. The van der Waals surface area contributed by atoms with Crippen LogP contribution in [0.5, 0.6) is 5.75 Å². The molecule has 101 heavy (non-hydrogen) atoms. The number of nitrogens with two attached hydrogens (primary N) is 2. The molecule has 24 N–H and O–H groups in total. The van der Waals surface area contributed by atoms with Gasteiger partial charge in [0.05, 0.1) is 23.3 Å². The highest BCUT2D eigenvalue weighted by atomic mass is 33.1. The van der Waals surface area contributed by atoms with Gasteiger partial charge < -0.3 is 117 Å². The Balaban J connectivity index is 1.18. The predicted molar refractivity (Wildman–Crippen MR) is 387 cm³/mol. The number of rotatable bonds is 24. The number of phenolic OH excluding ortho intramolecular Hbond substituents is 1. The fourth-order valence-corrected chi connectivity index (χ4v) is 14.3. The first-order chi connectivity index (χ1) is 48.5. The lowest BCUT2D eigenvalue weighted by molar-refractivity contribution is -0.145. The van der Waals surface area contributed by atoms with E-state index in [1.165, 1.54) is 31.2 Å². The number of carbonyl (C=O) groups excluding carboxylic acids is 8. The van der Waals surface area contributed by atoms with Crippen LogP contribution < -0.4 is 91.2 Å². The first kappa shape index (κ1) is 80.8. The van der Waals surface area contributed by atoms with Crippen LogP contribution >= 0.6 is 21.6 Å². The number of hydrogen-bond donors (Lipinski definition) is 22. The van der Waals surface area contributed by atoms with Gasteiger partial charge in [-0.1, -0.05) is 82.3 Å². The Kier molecular flexibility index (Phi) is 33.2. The van der Waals surface area contributed by atoms with Gasteiger partial charge in [-0.15, -0.1) is 0 Å². The molecule has 4 aliphatic heterocycles. The van der Waals surface area contributed by atoms with Crippen molar-refractivity contribution in [1.82, 2.24) is 84.7 Å². The molecule has 4 aromatic rings. The van der Waals surface area contributed by atoms with Crippen LogP contribution in [0.2, 0.25) is 0 Å². The number of H-pyrrole nitrogens is 1. The summed E-state index contributed by atoms with van der Waals surface area (Å²) >= 11 is 0. The van der Waals surface area contributed by atoms with E-state index in [4.69, 9.17) is 11.5 Å². The minimum absolute atomic E-state index is 0.0206. The number of benzene rings is 3. The van der Waals surface area contributed by atoms with Crippen molar-refractivity contribution in [3.63, 3.8) is 0 Å². The van der Waals surface area contributed by atoms with E-state index in [9.17, 15) is 49.2 Å². The minimum Gasteiger partial charge on any atom is -0.508 e. The van der Waals surface area contributed by atoms with Crippen molar-refractivity contribution in [1.29, 1.82) is 0 Å². The van der Waals surface area contributed by atoms with Crippen LogP contribution in [0.25, 0.3) is 10.9 Å². The predicted octanol–water partition coefficient (Wildman–Crippen LogP) is -4.09. The lowest BCUT2D eigenvalue weighted by Gasteiger charge is -2.37. The van der Waals surface area contributed by atoms with E-state index >= 15 is 14.4 Å². The maximum absolute atomic E-state index is 15.3. The Morgan fingerprint density at radius 3 is 1.81 bits per heavy atom. The van der Waals surface area contributed by atoms with E-state index < -0.39 is 131 Å². The molecular weight excluding hydrogens is 1340 g/mol. The number of unbranched alkanes of at least 4 members (excludes halogenated alkanes) is 2. The fraction of sp³-hybridized carbons (Fsp3) is 0.574. The molecule has 0 radical (unpaired) electrons. The molecule has 2 bridgehead atoms. The number of fused-ring (bicyclic) bond motifs is 16. The molecule has 8 rings (SSSR count). The summed E-state index contributed by atoms with van der Waals surface area (Å²) in [6.45, 7) is 11.3. The van der Waals surface area contributed by atoms with Crippen LogP contribution in [0.1, 0.15) is 69.1 Å². The summed E-state index contributed by atoms with van der Waals surface area (Å²) in [6.07, 6.45) is -0.319. The Labute approximate surface area is 596 Å². The minimum atomic E-state index is -1.86. The standard InChI is InChI=1S/C68H104N18O13S2/c1-42(87)57-65(97)84-55(64(96)86-58(43(2)88)66(98)99)35-101-100-34-54(63(95)81-52(31-45-18-20-47(89)21-19-45)61(93)82-53(32-46-33-77-49-15-7-6-14-48(46)49)62(94)80-50(59(91)85-57)16-8-10-22-69)83-60(92)51(30-44-12-4-3-5-13-44)79-56(90)17-9-11-23-78-68-39-74-27-24-71-36-67(70,37-72-25-28-75-40-68)38-73-26-29-76-41-68/h3-7,12-15,18-21,33,42-43,50-55,57-58,71-78,87-89H,8-11,16-17,22-32,34-41,69-70H2,1-2H3,(H,79,90)(H,80,94)(H,81,95)(H,82,93)(H,83,92)(H,84,97)(H,85,91)(H,86,96)(H,98,99)/t42-,43-,50+,51-,52?,53-,54-,55?,57?,58+,67?,68?/m1/s1. The number of hydrogen-bond acceptors (Lipinski definition) is 23. The van der Waals surface area contributed by atoms with Crippen LogP contribution in [0.4, 0.5) is 0 Å². The molecule has 10 atom stereocenters. The zero-order chi connectivity index (χ0) is 72.7. The summed E-state index contributed by atoms with van der Waals surface area (Å²) in [6, 6.07) is 9.43. The number of aliphatic hydroxyl groups excluding tert-OH is 2. The highest BCUT2D eigenvalue weighted by Crippen LogP contribution is 2.25. The number of aromatic amines is 1. The van der Waals surface area contributed by atoms with E-state index in [-0.39, 0.29) is 56.6 Å². The van der Waals surface area contributed by atoms with Crippen molar-refractivity contribution in [2.24, 2.45) is 11.5 Å². The zero-order valence-corrected chi connectivity index (χ0v) is 59.1. The number of carboxylic acids is 1. The van der Waals surface area contributed by atoms with Crippen LogP contribution in [0.15, 0.2) is 85.1 Å². The van der Waals surface area contributed by atoms with Gasteiger partial charge in [0.25, 0.3) is 0 Å². The molecule has 3 aromatic carbocycles. The molecule has 1 aromatic heterocycles. The third kappa shape index (κ3) is 26.7. The van der Waals surface area contributed by atoms with Crippen molar-refractivity contribution >= 4 is 85.7 Å². The van der Waals surface area contributed by atoms with Crippen molar-refractivity contribution < 1.29 is 63.6 Å². The Bertz CT molecular complexity index is 3280. The van der Waals surface area contributed by atoms with Gasteiger partial charge in [0.2, 0.25) is 47.3 Å². The quantitative estimate of drug-likeness (QED) is 0.0234. The van der Waals surface area contributed by atoms with E-state index in [0.29, 0.717) is 112 Å². The number of amides is 8. The number of aromatic hydroxyl groups is 1. The number of nitrogens with one attached hydrogen (secondary N) is 16. The molecular formula is C68H104N18O13S2.